The van der Waals surface area contributed by atoms with E-state index in [9.17, 15) is 14.7 Å². The van der Waals surface area contributed by atoms with E-state index in [1.54, 1.807) is 18.2 Å². The standard InChI is InChI=1S/C15H17NO4/c1-2-16-12-9-10(3-4-13(12)20-14(16)18)15(19)7-5-11(17)6-8-15/h3-4,9,19H,2,5-8H2,1H3. The summed E-state index contributed by atoms with van der Waals surface area (Å²) in [4.78, 5) is 23.0. The SMILES string of the molecule is CCn1c(=O)oc2ccc(C3(O)CCC(=O)CC3)cc21. The van der Waals surface area contributed by atoms with Gasteiger partial charge in [0.25, 0.3) is 0 Å². The van der Waals surface area contributed by atoms with Gasteiger partial charge in [0.15, 0.2) is 5.58 Å². The first-order valence-corrected chi connectivity index (χ1v) is 6.91. The molecular weight excluding hydrogens is 258 g/mol. The van der Waals surface area contributed by atoms with Gasteiger partial charge < -0.3 is 9.52 Å². The van der Waals surface area contributed by atoms with Gasteiger partial charge in [0.05, 0.1) is 11.1 Å². The summed E-state index contributed by atoms with van der Waals surface area (Å²) in [6.45, 7) is 2.39. The number of aryl methyl sites for hydroxylation is 1. The van der Waals surface area contributed by atoms with Gasteiger partial charge >= 0.3 is 5.76 Å². The van der Waals surface area contributed by atoms with Crippen molar-refractivity contribution < 1.29 is 14.3 Å². The Morgan fingerprint density at radius 2 is 2.00 bits per heavy atom. The molecule has 1 aliphatic rings. The Morgan fingerprint density at radius 1 is 1.30 bits per heavy atom. The van der Waals surface area contributed by atoms with Crippen LogP contribution in [0.5, 0.6) is 0 Å². The Balaban J connectivity index is 2.08. The van der Waals surface area contributed by atoms with E-state index in [1.165, 1.54) is 4.57 Å². The van der Waals surface area contributed by atoms with Crippen LogP contribution in [0.25, 0.3) is 11.1 Å². The number of nitrogens with zero attached hydrogens (tertiary/aromatic N) is 1. The third kappa shape index (κ3) is 1.98. The largest absolute Gasteiger partial charge is 0.419 e. The monoisotopic (exact) mass is 275 g/mol. The second-order valence-corrected chi connectivity index (χ2v) is 5.36. The Labute approximate surface area is 115 Å². The van der Waals surface area contributed by atoms with Crippen molar-refractivity contribution in [3.8, 4) is 0 Å². The normalized spacial score (nSPS) is 18.6. The molecule has 0 bridgehead atoms. The number of carbonyl (C=O) groups excluding carboxylic acids is 1. The van der Waals surface area contributed by atoms with Gasteiger partial charge in [0, 0.05) is 19.4 Å². The number of oxazole rings is 1. The van der Waals surface area contributed by atoms with Crippen LogP contribution >= 0.6 is 0 Å². The van der Waals surface area contributed by atoms with E-state index in [4.69, 9.17) is 4.42 Å². The van der Waals surface area contributed by atoms with E-state index in [1.807, 2.05) is 6.92 Å². The van der Waals surface area contributed by atoms with Crippen LogP contribution in [0, 0.1) is 0 Å². The van der Waals surface area contributed by atoms with Crippen molar-refractivity contribution in [3.05, 3.63) is 34.3 Å². The highest BCUT2D eigenvalue weighted by atomic mass is 16.4. The highest BCUT2D eigenvalue weighted by Gasteiger charge is 2.34. The molecule has 3 rings (SSSR count). The molecule has 1 aromatic heterocycles. The molecule has 1 N–H and O–H groups in total. The van der Waals surface area contributed by atoms with Crippen molar-refractivity contribution in [3.63, 3.8) is 0 Å². The summed E-state index contributed by atoms with van der Waals surface area (Å²) in [6, 6.07) is 5.30. The van der Waals surface area contributed by atoms with Crippen molar-refractivity contribution in [2.45, 2.75) is 44.8 Å². The average Bonchev–Trinajstić information content (AvgIpc) is 2.76. The van der Waals surface area contributed by atoms with Crippen molar-refractivity contribution in [1.29, 1.82) is 0 Å². The van der Waals surface area contributed by atoms with Gasteiger partial charge in [-0.15, -0.1) is 0 Å². The van der Waals surface area contributed by atoms with E-state index in [0.29, 0.717) is 43.3 Å². The number of aliphatic hydroxyl groups is 1. The van der Waals surface area contributed by atoms with Gasteiger partial charge in [-0.1, -0.05) is 6.07 Å². The molecular formula is C15H17NO4. The lowest BCUT2D eigenvalue weighted by atomic mass is 9.79. The molecule has 1 heterocycles. The van der Waals surface area contributed by atoms with Crippen LogP contribution in [0.1, 0.15) is 38.2 Å². The molecule has 1 aliphatic carbocycles. The molecule has 5 nitrogen and oxygen atoms in total. The Hall–Kier alpha value is -1.88. The Bertz CT molecular complexity index is 715. The molecule has 5 heteroatoms. The predicted octanol–water partition coefficient (Wildman–Crippen LogP) is 1.95. The highest BCUT2D eigenvalue weighted by Crippen LogP contribution is 2.36. The van der Waals surface area contributed by atoms with Gasteiger partial charge in [-0.2, -0.15) is 0 Å². The van der Waals surface area contributed by atoms with Crippen LogP contribution in [0.3, 0.4) is 0 Å². The van der Waals surface area contributed by atoms with Crippen molar-refractivity contribution in [2.75, 3.05) is 0 Å². The van der Waals surface area contributed by atoms with E-state index in [-0.39, 0.29) is 11.5 Å². The summed E-state index contributed by atoms with van der Waals surface area (Å²) >= 11 is 0. The Kier molecular flexibility index (Phi) is 3.01. The number of hydrogen-bond acceptors (Lipinski definition) is 4. The minimum Gasteiger partial charge on any atom is -0.408 e. The number of Topliss-reactive ketones (excluding diaryl/α,β-unsaturated/α-hetero) is 1. The van der Waals surface area contributed by atoms with Gasteiger partial charge in [-0.3, -0.25) is 9.36 Å². The van der Waals surface area contributed by atoms with E-state index >= 15 is 0 Å². The van der Waals surface area contributed by atoms with Crippen molar-refractivity contribution in [2.24, 2.45) is 0 Å². The summed E-state index contributed by atoms with van der Waals surface area (Å²) in [6.07, 6.45) is 1.68. The smallest absolute Gasteiger partial charge is 0.408 e. The fraction of sp³-hybridized carbons (Fsp3) is 0.467. The van der Waals surface area contributed by atoms with E-state index in [0.717, 1.165) is 5.56 Å². The molecule has 0 radical (unpaired) electrons. The number of rotatable bonds is 2. The van der Waals surface area contributed by atoms with Crippen LogP contribution in [0.15, 0.2) is 27.4 Å². The first kappa shape index (κ1) is 13.1. The number of ketones is 1. The molecule has 0 amide bonds. The summed E-state index contributed by atoms with van der Waals surface area (Å²) in [5.41, 5.74) is 0.991. The first-order chi connectivity index (χ1) is 9.53. The number of fused-ring (bicyclic) bond motifs is 1. The molecule has 0 atom stereocenters. The van der Waals surface area contributed by atoms with Crippen LogP contribution < -0.4 is 5.76 Å². The maximum Gasteiger partial charge on any atom is 0.419 e. The highest BCUT2D eigenvalue weighted by molar-refractivity contribution is 5.80. The van der Waals surface area contributed by atoms with Gasteiger partial charge in [-0.25, -0.2) is 4.79 Å². The van der Waals surface area contributed by atoms with Gasteiger partial charge in [0.1, 0.15) is 5.78 Å². The second-order valence-electron chi connectivity index (χ2n) is 5.36. The predicted molar refractivity (Wildman–Crippen MR) is 73.5 cm³/mol. The zero-order valence-electron chi connectivity index (χ0n) is 11.4. The minimum absolute atomic E-state index is 0.199. The fourth-order valence-corrected chi connectivity index (χ4v) is 2.88. The quantitative estimate of drug-likeness (QED) is 0.909. The molecule has 106 valence electrons. The fourth-order valence-electron chi connectivity index (χ4n) is 2.88. The maximum absolute atomic E-state index is 11.7. The second kappa shape index (κ2) is 4.59. The van der Waals surface area contributed by atoms with Crippen LogP contribution in [0.2, 0.25) is 0 Å². The van der Waals surface area contributed by atoms with Crippen LogP contribution in [-0.4, -0.2) is 15.5 Å². The van der Waals surface area contributed by atoms with Crippen molar-refractivity contribution >= 4 is 16.9 Å². The summed E-state index contributed by atoms with van der Waals surface area (Å²) in [5.74, 6) is -0.185. The Morgan fingerprint density at radius 3 is 2.65 bits per heavy atom. The van der Waals surface area contributed by atoms with Crippen LogP contribution in [0.4, 0.5) is 0 Å². The summed E-state index contributed by atoms with van der Waals surface area (Å²) in [7, 11) is 0. The molecule has 1 saturated carbocycles. The molecule has 0 spiro atoms. The topological polar surface area (TPSA) is 72.4 Å². The number of hydrogen-bond donors (Lipinski definition) is 1. The lowest BCUT2D eigenvalue weighted by Gasteiger charge is -2.31. The van der Waals surface area contributed by atoms with Gasteiger partial charge in [0.2, 0.25) is 0 Å². The van der Waals surface area contributed by atoms with E-state index in [2.05, 4.69) is 0 Å². The van der Waals surface area contributed by atoms with Crippen molar-refractivity contribution in [1.82, 2.24) is 4.57 Å². The van der Waals surface area contributed by atoms with Crippen LogP contribution in [-0.2, 0) is 16.9 Å². The lowest BCUT2D eigenvalue weighted by molar-refractivity contribution is -0.125. The summed E-state index contributed by atoms with van der Waals surface area (Å²) < 4.78 is 6.69. The molecule has 20 heavy (non-hydrogen) atoms. The maximum atomic E-state index is 11.7. The zero-order chi connectivity index (χ0) is 14.3. The molecule has 1 fully saturated rings. The third-order valence-corrected chi connectivity index (χ3v) is 4.16. The molecule has 1 aromatic carbocycles. The van der Waals surface area contributed by atoms with Gasteiger partial charge in [-0.05, 0) is 37.5 Å². The molecule has 0 aliphatic heterocycles. The minimum atomic E-state index is -0.978. The molecule has 2 aromatic rings. The first-order valence-electron chi connectivity index (χ1n) is 6.91. The van der Waals surface area contributed by atoms with E-state index < -0.39 is 5.60 Å². The number of carbonyl (C=O) groups is 1. The molecule has 0 saturated heterocycles. The molecule has 0 unspecified atom stereocenters. The lowest BCUT2D eigenvalue weighted by Crippen LogP contribution is -2.31. The zero-order valence-corrected chi connectivity index (χ0v) is 11.4. The number of benzene rings is 1. The summed E-state index contributed by atoms with van der Waals surface area (Å²) in [5, 5.41) is 10.7. The average molecular weight is 275 g/mol. The third-order valence-electron chi connectivity index (χ3n) is 4.16. The number of aromatic nitrogens is 1.